The van der Waals surface area contributed by atoms with Crippen LogP contribution in [0.2, 0.25) is 0 Å². The molecule has 0 aliphatic carbocycles. The van der Waals surface area contributed by atoms with E-state index in [1.807, 2.05) is 43.4 Å². The standard InChI is InChI=1S/C19H20N2O3/c1-20(13-14-8-4-3-5-9-14)16-12-18(22)21(19(16)23)15-10-6-7-11-17(15)24-2/h3-11,16H,12-13H2,1-2H3/p+1. The summed E-state index contributed by atoms with van der Waals surface area (Å²) >= 11 is 0. The van der Waals surface area contributed by atoms with Crippen molar-refractivity contribution in [2.45, 2.75) is 19.0 Å². The first-order valence-electron chi connectivity index (χ1n) is 7.98. The lowest BCUT2D eigenvalue weighted by molar-refractivity contribution is -0.908. The van der Waals surface area contributed by atoms with Crippen LogP contribution < -0.4 is 14.5 Å². The van der Waals surface area contributed by atoms with Gasteiger partial charge in [-0.1, -0.05) is 42.5 Å². The molecule has 0 spiro atoms. The Morgan fingerprint density at radius 2 is 1.75 bits per heavy atom. The molecule has 1 saturated heterocycles. The first-order valence-corrected chi connectivity index (χ1v) is 7.98. The average molecular weight is 325 g/mol. The number of nitrogens with zero attached hydrogens (tertiary/aromatic N) is 1. The molecule has 0 saturated carbocycles. The quantitative estimate of drug-likeness (QED) is 0.836. The number of nitrogens with one attached hydrogen (secondary N) is 1. The normalized spacial score (nSPS) is 18.8. The van der Waals surface area contributed by atoms with Gasteiger partial charge in [0.15, 0.2) is 6.04 Å². The van der Waals surface area contributed by atoms with Crippen LogP contribution in [0.25, 0.3) is 0 Å². The number of hydrogen-bond donors (Lipinski definition) is 1. The van der Waals surface area contributed by atoms with Gasteiger partial charge in [-0.25, -0.2) is 4.90 Å². The number of ether oxygens (including phenoxy) is 1. The second-order valence-corrected chi connectivity index (χ2v) is 6.00. The lowest BCUT2D eigenvalue weighted by atomic mass is 10.1. The van der Waals surface area contributed by atoms with E-state index in [1.54, 1.807) is 18.2 Å². The van der Waals surface area contributed by atoms with Gasteiger partial charge in [-0.2, -0.15) is 0 Å². The Kier molecular flexibility index (Phi) is 4.62. The molecule has 1 fully saturated rings. The van der Waals surface area contributed by atoms with Crippen molar-refractivity contribution in [2.75, 3.05) is 19.1 Å². The highest BCUT2D eigenvalue weighted by atomic mass is 16.5. The molecule has 3 rings (SSSR count). The molecule has 2 aromatic carbocycles. The summed E-state index contributed by atoms with van der Waals surface area (Å²) in [6, 6.07) is 16.7. The zero-order chi connectivity index (χ0) is 17.1. The molecule has 5 heteroatoms. The molecule has 1 heterocycles. The minimum atomic E-state index is -0.373. The van der Waals surface area contributed by atoms with Crippen molar-refractivity contribution in [1.82, 2.24) is 0 Å². The second-order valence-electron chi connectivity index (χ2n) is 6.00. The number of rotatable bonds is 5. The van der Waals surface area contributed by atoms with E-state index in [0.29, 0.717) is 18.0 Å². The number of methoxy groups -OCH3 is 1. The predicted molar refractivity (Wildman–Crippen MR) is 90.9 cm³/mol. The number of imide groups is 1. The summed E-state index contributed by atoms with van der Waals surface area (Å²) in [4.78, 5) is 27.6. The summed E-state index contributed by atoms with van der Waals surface area (Å²) in [5, 5.41) is 0. The molecule has 2 atom stereocenters. The Labute approximate surface area is 141 Å². The van der Waals surface area contributed by atoms with Crippen molar-refractivity contribution in [2.24, 2.45) is 0 Å². The lowest BCUT2D eigenvalue weighted by Crippen LogP contribution is -3.12. The van der Waals surface area contributed by atoms with Crippen molar-refractivity contribution in [3.8, 4) is 5.75 Å². The third-order valence-corrected chi connectivity index (χ3v) is 4.39. The van der Waals surface area contributed by atoms with Crippen LogP contribution in [-0.2, 0) is 16.1 Å². The van der Waals surface area contributed by atoms with E-state index in [1.165, 1.54) is 12.0 Å². The fraction of sp³-hybridized carbons (Fsp3) is 0.263. The van der Waals surface area contributed by atoms with Gasteiger partial charge in [-0.05, 0) is 12.1 Å². The average Bonchev–Trinajstić information content (AvgIpc) is 2.90. The van der Waals surface area contributed by atoms with Crippen LogP contribution in [0.5, 0.6) is 5.75 Å². The SMILES string of the molecule is COc1ccccc1N1C(=O)CC([NH+](C)Cc2ccccc2)C1=O. The zero-order valence-electron chi connectivity index (χ0n) is 13.9. The van der Waals surface area contributed by atoms with Gasteiger partial charge in [0.2, 0.25) is 5.91 Å². The number of hydrogen-bond acceptors (Lipinski definition) is 3. The number of anilines is 1. The highest BCUT2D eigenvalue weighted by molar-refractivity contribution is 6.22. The number of carbonyl (C=O) groups is 2. The van der Waals surface area contributed by atoms with E-state index in [4.69, 9.17) is 4.74 Å². The summed E-state index contributed by atoms with van der Waals surface area (Å²) in [5.41, 5.74) is 1.66. The van der Waals surface area contributed by atoms with Crippen molar-refractivity contribution >= 4 is 17.5 Å². The van der Waals surface area contributed by atoms with Crippen molar-refractivity contribution in [3.05, 3.63) is 60.2 Å². The zero-order valence-corrected chi connectivity index (χ0v) is 13.9. The van der Waals surface area contributed by atoms with Crippen LogP contribution >= 0.6 is 0 Å². The second kappa shape index (κ2) is 6.84. The smallest absolute Gasteiger partial charge is 0.292 e. The van der Waals surface area contributed by atoms with E-state index in [0.717, 1.165) is 10.5 Å². The molecule has 24 heavy (non-hydrogen) atoms. The van der Waals surface area contributed by atoms with Gasteiger partial charge >= 0.3 is 0 Å². The molecule has 0 aromatic heterocycles. The lowest BCUT2D eigenvalue weighted by Gasteiger charge is -2.21. The Morgan fingerprint density at radius 1 is 1.08 bits per heavy atom. The van der Waals surface area contributed by atoms with Crippen LogP contribution in [0.15, 0.2) is 54.6 Å². The van der Waals surface area contributed by atoms with Crippen molar-refractivity contribution in [1.29, 1.82) is 0 Å². The van der Waals surface area contributed by atoms with Crippen LogP contribution in [0.3, 0.4) is 0 Å². The molecule has 1 aliphatic heterocycles. The molecule has 2 amide bonds. The fourth-order valence-corrected chi connectivity index (χ4v) is 3.13. The minimum absolute atomic E-state index is 0.169. The van der Waals surface area contributed by atoms with E-state index >= 15 is 0 Å². The number of likely N-dealkylation sites (N-methyl/N-ethyl adjacent to an activating group) is 1. The maximum atomic E-state index is 12.8. The molecule has 124 valence electrons. The molecule has 0 bridgehead atoms. The van der Waals surface area contributed by atoms with Gasteiger partial charge in [-0.15, -0.1) is 0 Å². The first-order chi connectivity index (χ1) is 11.6. The Balaban J connectivity index is 1.81. The molecule has 1 N–H and O–H groups in total. The maximum absolute atomic E-state index is 12.8. The van der Waals surface area contributed by atoms with Crippen molar-refractivity contribution < 1.29 is 19.2 Å². The summed E-state index contributed by atoms with van der Waals surface area (Å²) in [5.74, 6) is 0.181. The van der Waals surface area contributed by atoms with Crippen LogP contribution in [0.4, 0.5) is 5.69 Å². The molecule has 2 aromatic rings. The Bertz CT molecular complexity index is 745. The topological polar surface area (TPSA) is 51.0 Å². The van der Waals surface area contributed by atoms with Crippen LogP contribution in [0, 0.1) is 0 Å². The largest absolute Gasteiger partial charge is 0.495 e. The molecule has 0 radical (unpaired) electrons. The number of quaternary nitrogens is 1. The number of amides is 2. The summed E-state index contributed by atoms with van der Waals surface area (Å²) in [6.45, 7) is 0.699. The van der Waals surface area contributed by atoms with Crippen LogP contribution in [-0.4, -0.2) is 32.0 Å². The van der Waals surface area contributed by atoms with E-state index in [2.05, 4.69) is 0 Å². The van der Waals surface area contributed by atoms with E-state index < -0.39 is 0 Å². The van der Waals surface area contributed by atoms with E-state index in [9.17, 15) is 9.59 Å². The van der Waals surface area contributed by atoms with Gasteiger partial charge in [0.25, 0.3) is 5.91 Å². The van der Waals surface area contributed by atoms with Gasteiger partial charge in [-0.3, -0.25) is 9.59 Å². The monoisotopic (exact) mass is 325 g/mol. The molecular formula is C19H21N2O3+. The van der Waals surface area contributed by atoms with E-state index in [-0.39, 0.29) is 24.3 Å². The molecule has 1 aliphatic rings. The van der Waals surface area contributed by atoms with Gasteiger partial charge in [0.1, 0.15) is 12.3 Å². The third kappa shape index (κ3) is 3.03. The Hall–Kier alpha value is -2.66. The molecule has 5 nitrogen and oxygen atoms in total. The predicted octanol–water partition coefficient (Wildman–Crippen LogP) is 1.04. The summed E-state index contributed by atoms with van der Waals surface area (Å²) in [7, 11) is 3.49. The summed E-state index contributed by atoms with van der Waals surface area (Å²) in [6.07, 6.45) is 0.218. The maximum Gasteiger partial charge on any atom is 0.292 e. The number of benzene rings is 2. The van der Waals surface area contributed by atoms with Gasteiger partial charge in [0.05, 0.1) is 26.3 Å². The minimum Gasteiger partial charge on any atom is -0.495 e. The highest BCUT2D eigenvalue weighted by Crippen LogP contribution is 2.31. The number of para-hydroxylation sites is 2. The number of carbonyl (C=O) groups excluding carboxylic acids is 2. The highest BCUT2D eigenvalue weighted by Gasteiger charge is 2.45. The fourth-order valence-electron chi connectivity index (χ4n) is 3.13. The van der Waals surface area contributed by atoms with Crippen molar-refractivity contribution in [3.63, 3.8) is 0 Å². The summed E-state index contributed by atoms with van der Waals surface area (Å²) < 4.78 is 5.29. The molecule has 2 unspecified atom stereocenters. The third-order valence-electron chi connectivity index (χ3n) is 4.39. The van der Waals surface area contributed by atoms with Gasteiger partial charge < -0.3 is 9.64 Å². The van der Waals surface area contributed by atoms with Gasteiger partial charge in [0, 0.05) is 5.56 Å². The van der Waals surface area contributed by atoms with Crippen LogP contribution in [0.1, 0.15) is 12.0 Å². The molecular weight excluding hydrogens is 304 g/mol. The Morgan fingerprint density at radius 3 is 2.46 bits per heavy atom. The first kappa shape index (κ1) is 16.2.